The number of halogens is 1. The van der Waals surface area contributed by atoms with E-state index in [1.54, 1.807) is 18.2 Å². The summed E-state index contributed by atoms with van der Waals surface area (Å²) in [5.41, 5.74) is 5.71. The number of carbonyl (C=O) groups excluding carboxylic acids is 1. The quantitative estimate of drug-likeness (QED) is 0.558. The number of nitro groups is 1. The van der Waals surface area contributed by atoms with Gasteiger partial charge >= 0.3 is 11.8 Å². The second kappa shape index (κ2) is 5.62. The summed E-state index contributed by atoms with van der Waals surface area (Å²) in [5.74, 6) is -1.33. The highest BCUT2D eigenvalue weighted by Crippen LogP contribution is 2.27. The molecule has 22 heavy (non-hydrogen) atoms. The van der Waals surface area contributed by atoms with Gasteiger partial charge in [0.25, 0.3) is 0 Å². The summed E-state index contributed by atoms with van der Waals surface area (Å²) in [6.45, 7) is 0. The molecule has 0 fully saturated rings. The van der Waals surface area contributed by atoms with Crippen molar-refractivity contribution in [2.45, 2.75) is 0 Å². The van der Waals surface area contributed by atoms with E-state index in [9.17, 15) is 14.9 Å². The van der Waals surface area contributed by atoms with Crippen LogP contribution in [0.2, 0.25) is 5.02 Å². The maximum Gasteiger partial charge on any atom is 0.433 e. The van der Waals surface area contributed by atoms with E-state index in [1.165, 1.54) is 17.4 Å². The SMILES string of the molecule is O=C(NNc1nc2ccc(Cl)cc2s1)c1ccc([N+](=O)[O-])o1. The van der Waals surface area contributed by atoms with Crippen molar-refractivity contribution >= 4 is 50.1 Å². The number of nitrogens with one attached hydrogen (secondary N) is 2. The average Bonchev–Trinajstić information content (AvgIpc) is 3.10. The van der Waals surface area contributed by atoms with E-state index in [0.29, 0.717) is 10.2 Å². The lowest BCUT2D eigenvalue weighted by molar-refractivity contribution is -0.402. The Labute approximate surface area is 131 Å². The first-order valence-electron chi connectivity index (χ1n) is 5.89. The highest BCUT2D eigenvalue weighted by molar-refractivity contribution is 7.22. The van der Waals surface area contributed by atoms with Gasteiger partial charge in [-0.05, 0) is 24.3 Å². The van der Waals surface area contributed by atoms with Crippen LogP contribution in [-0.2, 0) is 0 Å². The molecule has 2 aromatic heterocycles. The van der Waals surface area contributed by atoms with Crippen LogP contribution in [0.15, 0.2) is 34.7 Å². The Morgan fingerprint density at radius 3 is 2.91 bits per heavy atom. The predicted octanol–water partition coefficient (Wildman–Crippen LogP) is 3.21. The molecule has 112 valence electrons. The fraction of sp³-hybridized carbons (Fsp3) is 0. The summed E-state index contributed by atoms with van der Waals surface area (Å²) in [6, 6.07) is 7.56. The first-order valence-corrected chi connectivity index (χ1v) is 7.09. The Morgan fingerprint density at radius 2 is 2.18 bits per heavy atom. The molecular weight excluding hydrogens is 332 g/mol. The van der Waals surface area contributed by atoms with E-state index in [4.69, 9.17) is 16.0 Å². The summed E-state index contributed by atoms with van der Waals surface area (Å²) in [4.78, 5) is 25.8. The summed E-state index contributed by atoms with van der Waals surface area (Å²) < 4.78 is 5.64. The molecule has 0 spiro atoms. The van der Waals surface area contributed by atoms with Crippen LogP contribution in [0.25, 0.3) is 10.2 Å². The molecule has 3 rings (SSSR count). The van der Waals surface area contributed by atoms with Gasteiger partial charge in [-0.25, -0.2) is 4.98 Å². The van der Waals surface area contributed by atoms with E-state index in [2.05, 4.69) is 15.8 Å². The lowest BCUT2D eigenvalue weighted by Gasteiger charge is -2.02. The zero-order valence-corrected chi connectivity index (χ0v) is 12.3. The zero-order chi connectivity index (χ0) is 15.7. The maximum absolute atomic E-state index is 11.8. The first-order chi connectivity index (χ1) is 10.5. The number of furan rings is 1. The van der Waals surface area contributed by atoms with Crippen molar-refractivity contribution in [2.24, 2.45) is 0 Å². The smallest absolute Gasteiger partial charge is 0.395 e. The second-order valence-corrected chi connectivity index (χ2v) is 5.57. The number of benzene rings is 1. The summed E-state index contributed by atoms with van der Waals surface area (Å²) in [5, 5.41) is 11.5. The summed E-state index contributed by atoms with van der Waals surface area (Å²) >= 11 is 7.18. The molecule has 2 heterocycles. The molecule has 1 amide bonds. The molecular formula is C12H7ClN4O4S. The molecule has 10 heteroatoms. The molecule has 0 radical (unpaired) electrons. The van der Waals surface area contributed by atoms with Gasteiger partial charge < -0.3 is 4.42 Å². The third-order valence-electron chi connectivity index (χ3n) is 2.63. The Balaban J connectivity index is 1.70. The number of aromatic nitrogens is 1. The first kappa shape index (κ1) is 14.3. The van der Waals surface area contributed by atoms with Crippen LogP contribution in [0.5, 0.6) is 0 Å². The minimum Gasteiger partial charge on any atom is -0.395 e. The minimum absolute atomic E-state index is 0.177. The predicted molar refractivity (Wildman–Crippen MR) is 81.1 cm³/mol. The van der Waals surface area contributed by atoms with Crippen LogP contribution < -0.4 is 10.9 Å². The number of thiazole rings is 1. The van der Waals surface area contributed by atoms with Crippen LogP contribution in [0.3, 0.4) is 0 Å². The molecule has 0 aliphatic heterocycles. The van der Waals surface area contributed by atoms with E-state index < -0.39 is 16.7 Å². The molecule has 0 saturated carbocycles. The summed E-state index contributed by atoms with van der Waals surface area (Å²) in [7, 11) is 0. The van der Waals surface area contributed by atoms with Gasteiger partial charge in [0, 0.05) is 5.02 Å². The van der Waals surface area contributed by atoms with Gasteiger partial charge in [-0.15, -0.1) is 0 Å². The maximum atomic E-state index is 11.8. The van der Waals surface area contributed by atoms with Gasteiger partial charge in [0.1, 0.15) is 4.92 Å². The number of rotatable bonds is 4. The topological polar surface area (TPSA) is 110 Å². The Hall–Kier alpha value is -2.65. The highest BCUT2D eigenvalue weighted by Gasteiger charge is 2.17. The van der Waals surface area contributed by atoms with Crippen LogP contribution in [0, 0.1) is 10.1 Å². The van der Waals surface area contributed by atoms with Crippen molar-refractivity contribution in [1.29, 1.82) is 0 Å². The minimum atomic E-state index is -0.721. The molecule has 1 aromatic carbocycles. The van der Waals surface area contributed by atoms with Crippen LogP contribution in [0.1, 0.15) is 10.6 Å². The Kier molecular flexibility index (Phi) is 3.65. The third-order valence-corrected chi connectivity index (χ3v) is 3.80. The largest absolute Gasteiger partial charge is 0.433 e. The number of hydrazine groups is 1. The number of nitrogens with zero attached hydrogens (tertiary/aromatic N) is 2. The molecule has 0 aliphatic rings. The number of carbonyl (C=O) groups is 1. The van der Waals surface area contributed by atoms with Gasteiger partial charge in [-0.2, -0.15) is 0 Å². The third kappa shape index (κ3) is 2.85. The lowest BCUT2D eigenvalue weighted by atomic mass is 10.3. The van der Waals surface area contributed by atoms with Crippen molar-refractivity contribution in [3.63, 3.8) is 0 Å². The molecule has 0 saturated heterocycles. The second-order valence-electron chi connectivity index (χ2n) is 4.11. The average molecular weight is 339 g/mol. The van der Waals surface area contributed by atoms with Crippen molar-refractivity contribution in [3.8, 4) is 0 Å². The van der Waals surface area contributed by atoms with E-state index in [1.807, 2.05) is 0 Å². The molecule has 0 aliphatic carbocycles. The van der Waals surface area contributed by atoms with Crippen molar-refractivity contribution in [2.75, 3.05) is 5.43 Å². The van der Waals surface area contributed by atoms with Crippen molar-refractivity contribution in [3.05, 3.63) is 51.2 Å². The Bertz CT molecular complexity index is 875. The number of hydrogen-bond donors (Lipinski definition) is 2. The zero-order valence-electron chi connectivity index (χ0n) is 10.7. The van der Waals surface area contributed by atoms with Crippen LogP contribution >= 0.6 is 22.9 Å². The summed E-state index contributed by atoms with van der Waals surface area (Å²) in [6.07, 6.45) is 0. The molecule has 0 bridgehead atoms. The van der Waals surface area contributed by atoms with Gasteiger partial charge in [0.2, 0.25) is 10.9 Å². The van der Waals surface area contributed by atoms with Gasteiger partial charge in [-0.1, -0.05) is 22.9 Å². The monoisotopic (exact) mass is 338 g/mol. The number of fused-ring (bicyclic) bond motifs is 1. The Morgan fingerprint density at radius 1 is 1.36 bits per heavy atom. The highest BCUT2D eigenvalue weighted by atomic mass is 35.5. The molecule has 0 atom stereocenters. The molecule has 3 aromatic rings. The van der Waals surface area contributed by atoms with Crippen LogP contribution in [0.4, 0.5) is 11.0 Å². The van der Waals surface area contributed by atoms with Gasteiger partial charge in [0.15, 0.2) is 0 Å². The molecule has 2 N–H and O–H groups in total. The van der Waals surface area contributed by atoms with Gasteiger partial charge in [0.05, 0.1) is 16.3 Å². The fourth-order valence-electron chi connectivity index (χ4n) is 1.67. The van der Waals surface area contributed by atoms with Gasteiger partial charge in [-0.3, -0.25) is 25.8 Å². The lowest BCUT2D eigenvalue weighted by Crippen LogP contribution is -2.28. The van der Waals surface area contributed by atoms with E-state index >= 15 is 0 Å². The van der Waals surface area contributed by atoms with E-state index in [-0.39, 0.29) is 5.76 Å². The standard InChI is InChI=1S/C12H7ClN4O4S/c13-6-1-2-7-9(5-6)22-12(14-7)16-15-11(18)8-3-4-10(21-8)17(19)20/h1-5H,(H,14,16)(H,15,18). The van der Waals surface area contributed by atoms with Crippen molar-refractivity contribution < 1.29 is 14.1 Å². The number of anilines is 1. The fourth-order valence-corrected chi connectivity index (χ4v) is 2.77. The van der Waals surface area contributed by atoms with E-state index in [0.717, 1.165) is 16.3 Å². The normalized spacial score (nSPS) is 10.6. The molecule has 8 nitrogen and oxygen atoms in total. The number of amides is 1. The van der Waals surface area contributed by atoms with Crippen molar-refractivity contribution in [1.82, 2.24) is 10.4 Å². The van der Waals surface area contributed by atoms with Crippen LogP contribution in [-0.4, -0.2) is 15.8 Å². The molecule has 0 unspecified atom stereocenters. The number of hydrogen-bond acceptors (Lipinski definition) is 7.